The first-order valence-electron chi connectivity index (χ1n) is 6.25. The quantitative estimate of drug-likeness (QED) is 0.354. The summed E-state index contributed by atoms with van der Waals surface area (Å²) >= 11 is 1.80. The Morgan fingerprint density at radius 2 is 2.05 bits per heavy atom. The Labute approximate surface area is 117 Å². The van der Waals surface area contributed by atoms with Crippen molar-refractivity contribution in [1.29, 1.82) is 5.26 Å². The van der Waals surface area contributed by atoms with Gasteiger partial charge in [-0.1, -0.05) is 31.9 Å². The highest BCUT2D eigenvalue weighted by Crippen LogP contribution is 2.21. The van der Waals surface area contributed by atoms with Crippen molar-refractivity contribution in [3.8, 4) is 6.07 Å². The highest BCUT2D eigenvalue weighted by atomic mass is 32.2. The van der Waals surface area contributed by atoms with E-state index in [9.17, 15) is 4.79 Å². The number of aliphatic carboxylic acids is 1. The first kappa shape index (κ1) is 15.3. The summed E-state index contributed by atoms with van der Waals surface area (Å²) in [5.74, 6) is -0.0952. The lowest BCUT2D eigenvalue weighted by atomic mass is 10.1. The van der Waals surface area contributed by atoms with Crippen LogP contribution in [0.1, 0.15) is 31.7 Å². The molecule has 0 unspecified atom stereocenters. The maximum atomic E-state index is 10.7. The molecule has 0 fully saturated rings. The molecular weight excluding hydrogens is 258 g/mol. The molecule has 3 nitrogen and oxygen atoms in total. The Balaban J connectivity index is 2.61. The Hall–Kier alpha value is -1.73. The first-order chi connectivity index (χ1) is 9.17. The number of hydrogen-bond acceptors (Lipinski definition) is 3. The van der Waals surface area contributed by atoms with Gasteiger partial charge in [0.2, 0.25) is 0 Å². The molecule has 1 aromatic carbocycles. The molecule has 100 valence electrons. The van der Waals surface area contributed by atoms with Gasteiger partial charge in [0.25, 0.3) is 0 Å². The second kappa shape index (κ2) is 8.39. The van der Waals surface area contributed by atoms with E-state index in [1.807, 2.05) is 24.3 Å². The molecule has 0 saturated carbocycles. The fourth-order valence-corrected chi connectivity index (χ4v) is 2.42. The van der Waals surface area contributed by atoms with Gasteiger partial charge in [-0.3, -0.25) is 0 Å². The molecule has 1 N–H and O–H groups in total. The van der Waals surface area contributed by atoms with Crippen molar-refractivity contribution in [3.63, 3.8) is 0 Å². The summed E-state index contributed by atoms with van der Waals surface area (Å²) in [7, 11) is 0. The van der Waals surface area contributed by atoms with Crippen molar-refractivity contribution in [3.05, 3.63) is 35.4 Å². The smallest absolute Gasteiger partial charge is 0.346 e. The van der Waals surface area contributed by atoms with Crippen LogP contribution >= 0.6 is 11.8 Å². The van der Waals surface area contributed by atoms with Crippen LogP contribution in [0, 0.1) is 11.3 Å². The van der Waals surface area contributed by atoms with Gasteiger partial charge in [-0.15, -0.1) is 11.8 Å². The van der Waals surface area contributed by atoms with Gasteiger partial charge in [0.1, 0.15) is 11.6 Å². The number of rotatable bonds is 7. The van der Waals surface area contributed by atoms with Crippen molar-refractivity contribution < 1.29 is 9.90 Å². The van der Waals surface area contributed by atoms with E-state index in [-0.39, 0.29) is 5.57 Å². The van der Waals surface area contributed by atoms with E-state index in [0.717, 1.165) is 11.3 Å². The minimum absolute atomic E-state index is 0.247. The molecule has 0 aliphatic rings. The van der Waals surface area contributed by atoms with E-state index in [1.54, 1.807) is 17.8 Å². The number of carbonyl (C=O) groups is 1. The largest absolute Gasteiger partial charge is 0.477 e. The van der Waals surface area contributed by atoms with Crippen LogP contribution in [0.3, 0.4) is 0 Å². The number of nitriles is 1. The second-order valence-corrected chi connectivity index (χ2v) is 5.27. The zero-order valence-electron chi connectivity index (χ0n) is 10.9. The van der Waals surface area contributed by atoms with E-state index in [4.69, 9.17) is 10.4 Å². The highest BCUT2D eigenvalue weighted by molar-refractivity contribution is 7.99. The number of benzene rings is 1. The predicted octanol–water partition coefficient (Wildman–Crippen LogP) is 3.96. The normalized spacial score (nSPS) is 11.1. The van der Waals surface area contributed by atoms with E-state index < -0.39 is 5.97 Å². The standard InChI is InChI=1S/C15H17NO2S/c1-2-3-4-9-19-14-7-5-12(6-8-14)10-13(11-16)15(17)18/h5-8,10H,2-4,9H2,1H3,(H,17,18). The Morgan fingerprint density at radius 3 is 2.58 bits per heavy atom. The molecular formula is C15H17NO2S. The molecule has 0 heterocycles. The molecule has 0 spiro atoms. The van der Waals surface area contributed by atoms with Crippen LogP contribution in [-0.2, 0) is 4.79 Å². The number of thioether (sulfide) groups is 1. The van der Waals surface area contributed by atoms with Crippen molar-refractivity contribution in [1.82, 2.24) is 0 Å². The zero-order chi connectivity index (χ0) is 14.1. The summed E-state index contributed by atoms with van der Waals surface area (Å²) in [6.45, 7) is 2.18. The molecule has 0 amide bonds. The monoisotopic (exact) mass is 275 g/mol. The highest BCUT2D eigenvalue weighted by Gasteiger charge is 2.05. The Bertz CT molecular complexity index is 486. The van der Waals surface area contributed by atoms with Crippen molar-refractivity contribution in [2.24, 2.45) is 0 Å². The fourth-order valence-electron chi connectivity index (χ4n) is 1.51. The Morgan fingerprint density at radius 1 is 1.37 bits per heavy atom. The van der Waals surface area contributed by atoms with Crippen LogP contribution in [0.4, 0.5) is 0 Å². The van der Waals surface area contributed by atoms with Crippen LogP contribution in [0.5, 0.6) is 0 Å². The van der Waals surface area contributed by atoms with Crippen molar-refractivity contribution >= 4 is 23.8 Å². The number of unbranched alkanes of at least 4 members (excludes halogenated alkanes) is 2. The summed E-state index contributed by atoms with van der Waals surface area (Å²) in [6.07, 6.45) is 5.06. The third kappa shape index (κ3) is 5.62. The van der Waals surface area contributed by atoms with Crippen LogP contribution in [0.25, 0.3) is 6.08 Å². The molecule has 0 atom stereocenters. The van der Waals surface area contributed by atoms with Gasteiger partial charge in [-0.25, -0.2) is 4.79 Å². The lowest BCUT2D eigenvalue weighted by molar-refractivity contribution is -0.132. The average Bonchev–Trinajstić information content (AvgIpc) is 2.42. The molecule has 0 bridgehead atoms. The summed E-state index contributed by atoms with van der Waals surface area (Å²) in [4.78, 5) is 11.9. The lowest BCUT2D eigenvalue weighted by Crippen LogP contribution is -1.97. The maximum Gasteiger partial charge on any atom is 0.346 e. The molecule has 1 rings (SSSR count). The molecule has 4 heteroatoms. The topological polar surface area (TPSA) is 61.1 Å². The maximum absolute atomic E-state index is 10.7. The van der Waals surface area contributed by atoms with Crippen LogP contribution in [0.2, 0.25) is 0 Å². The molecule has 0 aromatic heterocycles. The van der Waals surface area contributed by atoms with Gasteiger partial charge in [0, 0.05) is 4.90 Å². The van der Waals surface area contributed by atoms with Gasteiger partial charge < -0.3 is 5.11 Å². The summed E-state index contributed by atoms with van der Waals surface area (Å²) < 4.78 is 0. The van der Waals surface area contributed by atoms with E-state index >= 15 is 0 Å². The molecule has 1 aromatic rings. The first-order valence-corrected chi connectivity index (χ1v) is 7.24. The Kier molecular flexibility index (Phi) is 6.76. The van der Waals surface area contributed by atoms with Crippen LogP contribution in [0.15, 0.2) is 34.7 Å². The zero-order valence-corrected chi connectivity index (χ0v) is 11.7. The van der Waals surface area contributed by atoms with Gasteiger partial charge in [0.05, 0.1) is 0 Å². The number of nitrogens with zero attached hydrogens (tertiary/aromatic N) is 1. The third-order valence-corrected chi connectivity index (χ3v) is 3.66. The lowest BCUT2D eigenvalue weighted by Gasteiger charge is -2.02. The molecule has 0 aliphatic carbocycles. The summed E-state index contributed by atoms with van der Waals surface area (Å²) in [5, 5.41) is 17.4. The minimum atomic E-state index is -1.19. The van der Waals surface area contributed by atoms with Gasteiger partial charge in [-0.05, 0) is 35.9 Å². The molecule has 0 saturated heterocycles. The fraction of sp³-hybridized carbons (Fsp3) is 0.333. The SMILES string of the molecule is CCCCCSc1ccc(C=C(C#N)C(=O)O)cc1. The van der Waals surface area contributed by atoms with Gasteiger partial charge in [0.15, 0.2) is 0 Å². The number of carboxylic acids is 1. The number of hydrogen-bond donors (Lipinski definition) is 1. The third-order valence-electron chi connectivity index (χ3n) is 2.56. The van der Waals surface area contributed by atoms with Crippen LogP contribution < -0.4 is 0 Å². The summed E-state index contributed by atoms with van der Waals surface area (Å²) in [6, 6.07) is 9.26. The molecule has 0 aliphatic heterocycles. The van der Waals surface area contributed by atoms with Crippen LogP contribution in [-0.4, -0.2) is 16.8 Å². The number of carboxylic acid groups (broad SMARTS) is 1. The molecule has 19 heavy (non-hydrogen) atoms. The van der Waals surface area contributed by atoms with Gasteiger partial charge in [-0.2, -0.15) is 5.26 Å². The van der Waals surface area contributed by atoms with E-state index in [1.165, 1.54) is 30.2 Å². The second-order valence-electron chi connectivity index (χ2n) is 4.10. The summed E-state index contributed by atoms with van der Waals surface area (Å²) in [5.41, 5.74) is 0.486. The van der Waals surface area contributed by atoms with E-state index in [2.05, 4.69) is 6.92 Å². The predicted molar refractivity (Wildman–Crippen MR) is 77.9 cm³/mol. The van der Waals surface area contributed by atoms with Gasteiger partial charge >= 0.3 is 5.97 Å². The minimum Gasteiger partial charge on any atom is -0.477 e. The van der Waals surface area contributed by atoms with E-state index in [0.29, 0.717) is 0 Å². The van der Waals surface area contributed by atoms with Crippen molar-refractivity contribution in [2.75, 3.05) is 5.75 Å². The average molecular weight is 275 g/mol. The molecule has 0 radical (unpaired) electrons. The van der Waals surface area contributed by atoms with Crippen molar-refractivity contribution in [2.45, 2.75) is 31.1 Å².